The van der Waals surface area contributed by atoms with Crippen LogP contribution in [0, 0.1) is 5.92 Å². The van der Waals surface area contributed by atoms with Crippen molar-refractivity contribution >= 4 is 5.82 Å². The number of alkyl halides is 3. The molecule has 1 aromatic heterocycles. The summed E-state index contributed by atoms with van der Waals surface area (Å²) in [6, 6.07) is 2.00. The molecule has 1 aliphatic rings. The summed E-state index contributed by atoms with van der Waals surface area (Å²) in [5, 5.41) is 2.92. The van der Waals surface area contributed by atoms with Gasteiger partial charge in [0.05, 0.1) is 5.56 Å². The predicted octanol–water partition coefficient (Wildman–Crippen LogP) is 2.94. The standard InChI is InChI=1S/C12H15F3N2O/c13-12(14,15)10-2-5-17-11(7-10)16-4-1-9-3-6-18-8-9/h2,5,7,9H,1,3-4,6,8H2,(H,16,17). The van der Waals surface area contributed by atoms with Gasteiger partial charge < -0.3 is 10.1 Å². The smallest absolute Gasteiger partial charge is 0.381 e. The van der Waals surface area contributed by atoms with E-state index in [4.69, 9.17) is 4.74 Å². The molecule has 1 aliphatic heterocycles. The number of pyridine rings is 1. The highest BCUT2D eigenvalue weighted by molar-refractivity contribution is 5.38. The van der Waals surface area contributed by atoms with Crippen molar-refractivity contribution in [2.45, 2.75) is 19.0 Å². The topological polar surface area (TPSA) is 34.2 Å². The second kappa shape index (κ2) is 5.56. The molecule has 1 N–H and O–H groups in total. The average molecular weight is 260 g/mol. The number of halogens is 3. The number of aromatic nitrogens is 1. The lowest BCUT2D eigenvalue weighted by Crippen LogP contribution is -2.11. The number of rotatable bonds is 4. The number of hydrogen-bond donors (Lipinski definition) is 1. The molecule has 0 bridgehead atoms. The first-order valence-corrected chi connectivity index (χ1v) is 5.90. The lowest BCUT2D eigenvalue weighted by Gasteiger charge is -2.11. The van der Waals surface area contributed by atoms with E-state index in [1.54, 1.807) is 0 Å². The monoisotopic (exact) mass is 260 g/mol. The maximum Gasteiger partial charge on any atom is 0.416 e. The molecule has 1 saturated heterocycles. The first-order valence-electron chi connectivity index (χ1n) is 5.90. The van der Waals surface area contributed by atoms with Crippen LogP contribution in [0.25, 0.3) is 0 Å². The molecule has 18 heavy (non-hydrogen) atoms. The minimum Gasteiger partial charge on any atom is -0.381 e. The summed E-state index contributed by atoms with van der Waals surface area (Å²) < 4.78 is 42.6. The summed E-state index contributed by atoms with van der Waals surface area (Å²) >= 11 is 0. The summed E-state index contributed by atoms with van der Waals surface area (Å²) in [5.74, 6) is 0.770. The minimum atomic E-state index is -4.32. The number of nitrogens with one attached hydrogen (secondary N) is 1. The zero-order chi connectivity index (χ0) is 13.0. The van der Waals surface area contributed by atoms with Crippen molar-refractivity contribution in [3.05, 3.63) is 23.9 Å². The van der Waals surface area contributed by atoms with Gasteiger partial charge in [-0.2, -0.15) is 13.2 Å². The van der Waals surface area contributed by atoms with Crippen LogP contribution in [0.4, 0.5) is 19.0 Å². The molecule has 3 nitrogen and oxygen atoms in total. The lowest BCUT2D eigenvalue weighted by molar-refractivity contribution is -0.137. The maximum atomic E-state index is 12.5. The lowest BCUT2D eigenvalue weighted by atomic mass is 10.1. The molecule has 1 aromatic rings. The van der Waals surface area contributed by atoms with Crippen molar-refractivity contribution < 1.29 is 17.9 Å². The van der Waals surface area contributed by atoms with Crippen LogP contribution in [0.15, 0.2) is 18.3 Å². The van der Waals surface area contributed by atoms with Crippen molar-refractivity contribution in [2.24, 2.45) is 5.92 Å². The van der Waals surface area contributed by atoms with E-state index in [0.29, 0.717) is 12.5 Å². The highest BCUT2D eigenvalue weighted by Crippen LogP contribution is 2.29. The molecule has 0 radical (unpaired) electrons. The zero-order valence-electron chi connectivity index (χ0n) is 9.83. The third kappa shape index (κ3) is 3.60. The molecule has 0 saturated carbocycles. The van der Waals surface area contributed by atoms with Gasteiger partial charge in [-0.25, -0.2) is 4.98 Å². The van der Waals surface area contributed by atoms with E-state index in [-0.39, 0.29) is 5.82 Å². The first kappa shape index (κ1) is 13.1. The van der Waals surface area contributed by atoms with Crippen molar-refractivity contribution in [3.63, 3.8) is 0 Å². The molecular formula is C12H15F3N2O. The quantitative estimate of drug-likeness (QED) is 0.903. The Morgan fingerprint density at radius 2 is 2.28 bits per heavy atom. The molecule has 6 heteroatoms. The Balaban J connectivity index is 1.85. The van der Waals surface area contributed by atoms with Crippen LogP contribution < -0.4 is 5.32 Å². The molecule has 2 heterocycles. The Hall–Kier alpha value is -1.30. The fourth-order valence-electron chi connectivity index (χ4n) is 1.92. The van der Waals surface area contributed by atoms with E-state index in [0.717, 1.165) is 38.2 Å². The van der Waals surface area contributed by atoms with Gasteiger partial charge in [0.25, 0.3) is 0 Å². The first-order chi connectivity index (χ1) is 8.55. The average Bonchev–Trinajstić information content (AvgIpc) is 2.81. The fourth-order valence-corrected chi connectivity index (χ4v) is 1.92. The van der Waals surface area contributed by atoms with Crippen molar-refractivity contribution in [1.29, 1.82) is 0 Å². The van der Waals surface area contributed by atoms with Gasteiger partial charge in [-0.1, -0.05) is 0 Å². The molecule has 2 rings (SSSR count). The van der Waals surface area contributed by atoms with Crippen LogP contribution in [-0.2, 0) is 10.9 Å². The molecule has 0 spiro atoms. The van der Waals surface area contributed by atoms with Crippen LogP contribution in [0.3, 0.4) is 0 Å². The normalized spacial score (nSPS) is 20.1. The van der Waals surface area contributed by atoms with Crippen LogP contribution in [0.1, 0.15) is 18.4 Å². The van der Waals surface area contributed by atoms with Gasteiger partial charge in [0.2, 0.25) is 0 Å². The Bertz CT molecular complexity index is 389. The van der Waals surface area contributed by atoms with Gasteiger partial charge in [-0.3, -0.25) is 0 Å². The van der Waals surface area contributed by atoms with E-state index in [2.05, 4.69) is 10.3 Å². The summed E-state index contributed by atoms with van der Waals surface area (Å²) in [6.07, 6.45) is -1.24. The Morgan fingerprint density at radius 3 is 2.94 bits per heavy atom. The van der Waals surface area contributed by atoms with Crippen LogP contribution >= 0.6 is 0 Å². The van der Waals surface area contributed by atoms with Crippen LogP contribution in [0.2, 0.25) is 0 Å². The van der Waals surface area contributed by atoms with E-state index >= 15 is 0 Å². The SMILES string of the molecule is FC(F)(F)c1ccnc(NCCC2CCOC2)c1. The van der Waals surface area contributed by atoms with E-state index < -0.39 is 11.7 Å². The number of hydrogen-bond acceptors (Lipinski definition) is 3. The summed E-state index contributed by atoms with van der Waals surface area (Å²) in [6.45, 7) is 2.15. The molecular weight excluding hydrogens is 245 g/mol. The molecule has 0 aromatic carbocycles. The van der Waals surface area contributed by atoms with Gasteiger partial charge in [0, 0.05) is 26.0 Å². The van der Waals surface area contributed by atoms with E-state index in [1.807, 2.05) is 0 Å². The summed E-state index contributed by atoms with van der Waals surface area (Å²) in [4.78, 5) is 3.87. The van der Waals surface area contributed by atoms with Gasteiger partial charge in [-0.05, 0) is 30.9 Å². The molecule has 1 atom stereocenters. The third-order valence-corrected chi connectivity index (χ3v) is 2.97. The van der Waals surface area contributed by atoms with Gasteiger partial charge in [0.1, 0.15) is 5.82 Å². The summed E-state index contributed by atoms with van der Waals surface area (Å²) in [5.41, 5.74) is -0.677. The molecule has 1 fully saturated rings. The van der Waals surface area contributed by atoms with E-state index in [1.165, 1.54) is 6.20 Å². The second-order valence-electron chi connectivity index (χ2n) is 4.37. The van der Waals surface area contributed by atoms with Gasteiger partial charge in [-0.15, -0.1) is 0 Å². The van der Waals surface area contributed by atoms with Crippen molar-refractivity contribution in [3.8, 4) is 0 Å². The highest BCUT2D eigenvalue weighted by atomic mass is 19.4. The van der Waals surface area contributed by atoms with Gasteiger partial charge in [0.15, 0.2) is 0 Å². The number of anilines is 1. The molecule has 0 amide bonds. The van der Waals surface area contributed by atoms with Crippen molar-refractivity contribution in [2.75, 3.05) is 25.1 Å². The maximum absolute atomic E-state index is 12.5. The summed E-state index contributed by atoms with van der Waals surface area (Å²) in [7, 11) is 0. The highest BCUT2D eigenvalue weighted by Gasteiger charge is 2.30. The Labute approximate surface area is 103 Å². The van der Waals surface area contributed by atoms with Crippen LogP contribution in [0.5, 0.6) is 0 Å². The number of ether oxygens (including phenoxy) is 1. The minimum absolute atomic E-state index is 0.267. The van der Waals surface area contributed by atoms with E-state index in [9.17, 15) is 13.2 Å². The number of nitrogens with zero attached hydrogens (tertiary/aromatic N) is 1. The Morgan fingerprint density at radius 1 is 1.44 bits per heavy atom. The second-order valence-corrected chi connectivity index (χ2v) is 4.37. The largest absolute Gasteiger partial charge is 0.416 e. The molecule has 0 aliphatic carbocycles. The predicted molar refractivity (Wildman–Crippen MR) is 61.3 cm³/mol. The Kier molecular flexibility index (Phi) is 4.06. The zero-order valence-corrected chi connectivity index (χ0v) is 9.83. The van der Waals surface area contributed by atoms with Crippen molar-refractivity contribution in [1.82, 2.24) is 4.98 Å². The molecule has 1 unspecified atom stereocenters. The van der Waals surface area contributed by atoms with Gasteiger partial charge >= 0.3 is 6.18 Å². The fraction of sp³-hybridized carbons (Fsp3) is 0.583. The third-order valence-electron chi connectivity index (χ3n) is 2.97. The van der Waals surface area contributed by atoms with Crippen LogP contribution in [-0.4, -0.2) is 24.7 Å². The molecule has 100 valence electrons.